The van der Waals surface area contributed by atoms with Crippen molar-refractivity contribution in [2.45, 2.75) is 57.0 Å². The maximum atomic E-state index is 12.3. The fourth-order valence-electron chi connectivity index (χ4n) is 5.18. The van der Waals surface area contributed by atoms with Gasteiger partial charge in [-0.2, -0.15) is 0 Å². The fourth-order valence-corrected chi connectivity index (χ4v) is 5.18. The Morgan fingerprint density at radius 1 is 0.944 bits per heavy atom. The normalized spacial score (nSPS) is 53.1. The molecule has 0 aliphatic heterocycles. The zero-order valence-corrected chi connectivity index (χ0v) is 11.0. The summed E-state index contributed by atoms with van der Waals surface area (Å²) in [7, 11) is 0. The van der Waals surface area contributed by atoms with Crippen LogP contribution in [0.25, 0.3) is 0 Å². The van der Waals surface area contributed by atoms with E-state index in [2.05, 4.69) is 5.32 Å². The van der Waals surface area contributed by atoms with E-state index in [9.17, 15) is 4.79 Å². The summed E-state index contributed by atoms with van der Waals surface area (Å²) in [6.07, 6.45) is 8.37. The first kappa shape index (κ1) is 11.3. The lowest BCUT2D eigenvalue weighted by atomic mass is 9.86. The topological polar surface area (TPSA) is 55.1 Å². The summed E-state index contributed by atoms with van der Waals surface area (Å²) >= 11 is 0. The number of nitrogens with one attached hydrogen (secondary N) is 1. The first-order chi connectivity index (χ1) is 8.74. The Morgan fingerprint density at radius 3 is 2.17 bits per heavy atom. The van der Waals surface area contributed by atoms with E-state index in [-0.39, 0.29) is 5.92 Å². The van der Waals surface area contributed by atoms with Gasteiger partial charge < -0.3 is 11.1 Å². The predicted molar refractivity (Wildman–Crippen MR) is 69.7 cm³/mol. The molecule has 4 saturated carbocycles. The fraction of sp³-hybridized carbons (Fsp3) is 0.933. The zero-order valence-electron chi connectivity index (χ0n) is 11.0. The molecule has 4 atom stereocenters. The number of hydrogen-bond donors (Lipinski definition) is 2. The number of hydrogen-bond acceptors (Lipinski definition) is 2. The van der Waals surface area contributed by atoms with Gasteiger partial charge in [-0.05, 0) is 68.6 Å². The summed E-state index contributed by atoms with van der Waals surface area (Å²) in [5, 5.41) is 3.36. The molecular formula is C15H24N2O. The molecule has 0 aromatic rings. The van der Waals surface area contributed by atoms with Crippen molar-refractivity contribution in [3.8, 4) is 0 Å². The van der Waals surface area contributed by atoms with E-state index in [1.54, 1.807) is 0 Å². The molecule has 0 aromatic carbocycles. The third-order valence-electron chi connectivity index (χ3n) is 6.19. The summed E-state index contributed by atoms with van der Waals surface area (Å²) in [5.74, 6) is 4.21. The molecular weight excluding hydrogens is 224 g/mol. The number of fused-ring (bicyclic) bond motifs is 5. The second-order valence-corrected chi connectivity index (χ2v) is 7.13. The molecule has 3 nitrogen and oxygen atoms in total. The highest BCUT2D eigenvalue weighted by atomic mass is 16.2. The van der Waals surface area contributed by atoms with Gasteiger partial charge in [-0.1, -0.05) is 0 Å². The van der Waals surface area contributed by atoms with E-state index >= 15 is 0 Å². The minimum Gasteiger partial charge on any atom is -0.353 e. The molecule has 3 N–H and O–H groups in total. The van der Waals surface area contributed by atoms with Crippen molar-refractivity contribution in [3.05, 3.63) is 0 Å². The molecule has 4 fully saturated rings. The molecule has 4 aliphatic rings. The SMILES string of the molecule is NC1CCC(C(=O)NC2C3C4CCC(C4)C23)CC1. The second-order valence-electron chi connectivity index (χ2n) is 7.13. The monoisotopic (exact) mass is 248 g/mol. The van der Waals surface area contributed by atoms with Gasteiger partial charge in [-0.15, -0.1) is 0 Å². The first-order valence-electron chi connectivity index (χ1n) is 7.80. The van der Waals surface area contributed by atoms with Crippen molar-refractivity contribution in [3.63, 3.8) is 0 Å². The molecule has 4 rings (SSSR count). The van der Waals surface area contributed by atoms with Gasteiger partial charge in [-0.3, -0.25) is 4.79 Å². The molecule has 0 aromatic heterocycles. The third kappa shape index (κ3) is 1.63. The minimum atomic E-state index is 0.253. The molecule has 0 saturated heterocycles. The Kier molecular flexibility index (Phi) is 2.48. The van der Waals surface area contributed by atoms with Gasteiger partial charge in [-0.25, -0.2) is 0 Å². The molecule has 4 unspecified atom stereocenters. The Labute approximate surface area is 109 Å². The van der Waals surface area contributed by atoms with Gasteiger partial charge >= 0.3 is 0 Å². The highest BCUT2D eigenvalue weighted by Crippen LogP contribution is 2.65. The van der Waals surface area contributed by atoms with Gasteiger partial charge in [0.2, 0.25) is 5.91 Å². The van der Waals surface area contributed by atoms with Crippen LogP contribution >= 0.6 is 0 Å². The van der Waals surface area contributed by atoms with Crippen molar-refractivity contribution in [2.75, 3.05) is 0 Å². The summed E-state index contributed by atoms with van der Waals surface area (Å²) in [6.45, 7) is 0. The molecule has 2 bridgehead atoms. The highest BCUT2D eigenvalue weighted by Gasteiger charge is 2.65. The standard InChI is InChI=1S/C15H24N2O/c16-11-5-3-8(4-6-11)15(18)17-14-12-9-1-2-10(7-9)13(12)14/h8-14H,1-7,16H2,(H,17,18). The van der Waals surface area contributed by atoms with Gasteiger partial charge in [0.25, 0.3) is 0 Å². The van der Waals surface area contributed by atoms with Crippen LogP contribution in [-0.2, 0) is 4.79 Å². The van der Waals surface area contributed by atoms with E-state index in [4.69, 9.17) is 5.73 Å². The van der Waals surface area contributed by atoms with Crippen LogP contribution in [0.3, 0.4) is 0 Å². The van der Waals surface area contributed by atoms with E-state index in [0.29, 0.717) is 18.0 Å². The Balaban J connectivity index is 1.32. The predicted octanol–water partition coefficient (Wildman–Crippen LogP) is 1.66. The molecule has 18 heavy (non-hydrogen) atoms. The van der Waals surface area contributed by atoms with Crippen LogP contribution in [0.5, 0.6) is 0 Å². The van der Waals surface area contributed by atoms with Crippen LogP contribution in [0.4, 0.5) is 0 Å². The Hall–Kier alpha value is -0.570. The summed E-state index contributed by atoms with van der Waals surface area (Å²) < 4.78 is 0. The number of nitrogens with two attached hydrogens (primary N) is 1. The van der Waals surface area contributed by atoms with Crippen molar-refractivity contribution >= 4 is 5.91 Å². The van der Waals surface area contributed by atoms with Crippen LogP contribution in [0.15, 0.2) is 0 Å². The van der Waals surface area contributed by atoms with Crippen molar-refractivity contribution in [1.29, 1.82) is 0 Å². The van der Waals surface area contributed by atoms with Crippen molar-refractivity contribution in [2.24, 2.45) is 35.3 Å². The minimum absolute atomic E-state index is 0.253. The maximum Gasteiger partial charge on any atom is 0.223 e. The van der Waals surface area contributed by atoms with Crippen molar-refractivity contribution < 1.29 is 4.79 Å². The smallest absolute Gasteiger partial charge is 0.223 e. The van der Waals surface area contributed by atoms with Crippen LogP contribution in [0.2, 0.25) is 0 Å². The molecule has 4 aliphatic carbocycles. The lowest BCUT2D eigenvalue weighted by Crippen LogP contribution is -2.38. The van der Waals surface area contributed by atoms with E-state index < -0.39 is 0 Å². The largest absolute Gasteiger partial charge is 0.353 e. The lowest BCUT2D eigenvalue weighted by molar-refractivity contribution is -0.126. The van der Waals surface area contributed by atoms with E-state index in [0.717, 1.165) is 49.4 Å². The van der Waals surface area contributed by atoms with Gasteiger partial charge in [0.1, 0.15) is 0 Å². The second kappa shape index (κ2) is 3.96. The number of amides is 1. The maximum absolute atomic E-state index is 12.3. The van der Waals surface area contributed by atoms with Crippen LogP contribution in [-0.4, -0.2) is 18.0 Å². The number of rotatable bonds is 2. The van der Waals surface area contributed by atoms with E-state index in [1.807, 2.05) is 0 Å². The highest BCUT2D eigenvalue weighted by molar-refractivity contribution is 5.79. The van der Waals surface area contributed by atoms with Crippen LogP contribution in [0.1, 0.15) is 44.9 Å². The van der Waals surface area contributed by atoms with Crippen molar-refractivity contribution in [1.82, 2.24) is 5.32 Å². The molecule has 0 radical (unpaired) electrons. The van der Waals surface area contributed by atoms with Gasteiger partial charge in [0, 0.05) is 18.0 Å². The average Bonchev–Trinajstić information content (AvgIpc) is 2.78. The summed E-state index contributed by atoms with van der Waals surface area (Å²) in [4.78, 5) is 12.3. The first-order valence-corrected chi connectivity index (χ1v) is 7.80. The third-order valence-corrected chi connectivity index (χ3v) is 6.19. The number of carbonyl (C=O) groups is 1. The molecule has 3 heteroatoms. The summed E-state index contributed by atoms with van der Waals surface area (Å²) in [6, 6.07) is 0.893. The molecule has 0 heterocycles. The molecule has 0 spiro atoms. The Bertz CT molecular complexity index is 346. The van der Waals surface area contributed by atoms with Gasteiger partial charge in [0.05, 0.1) is 0 Å². The Morgan fingerprint density at radius 2 is 1.56 bits per heavy atom. The van der Waals surface area contributed by atoms with Crippen LogP contribution in [0, 0.1) is 29.6 Å². The molecule has 100 valence electrons. The number of carbonyl (C=O) groups excluding carboxylic acids is 1. The quantitative estimate of drug-likeness (QED) is 0.781. The lowest BCUT2D eigenvalue weighted by Gasteiger charge is -2.25. The van der Waals surface area contributed by atoms with Crippen LogP contribution < -0.4 is 11.1 Å². The van der Waals surface area contributed by atoms with Gasteiger partial charge in [0.15, 0.2) is 0 Å². The average molecular weight is 248 g/mol. The van der Waals surface area contributed by atoms with E-state index in [1.165, 1.54) is 19.3 Å². The zero-order chi connectivity index (χ0) is 12.3. The molecule has 1 amide bonds. The summed E-state index contributed by atoms with van der Waals surface area (Å²) in [5.41, 5.74) is 5.90.